The first-order chi connectivity index (χ1) is 9.04. The molecule has 1 aromatic carbocycles. The molecule has 0 amide bonds. The van der Waals surface area contributed by atoms with Gasteiger partial charge in [-0.2, -0.15) is 16.9 Å². The summed E-state index contributed by atoms with van der Waals surface area (Å²) in [7, 11) is -3.42. The van der Waals surface area contributed by atoms with Crippen LogP contribution in [0.1, 0.15) is 13.3 Å². The Morgan fingerprint density at radius 2 is 2.05 bits per heavy atom. The van der Waals surface area contributed by atoms with E-state index in [0.29, 0.717) is 18.8 Å². The fraction of sp³-hybridized carbons (Fsp3) is 0.385. The van der Waals surface area contributed by atoms with Crippen LogP contribution < -0.4 is 4.74 Å². The van der Waals surface area contributed by atoms with Crippen molar-refractivity contribution in [2.75, 3.05) is 13.1 Å². The van der Waals surface area contributed by atoms with Gasteiger partial charge in [0.25, 0.3) is 0 Å². The molecule has 6 heteroatoms. The smallest absolute Gasteiger partial charge is 0.243 e. The van der Waals surface area contributed by atoms with E-state index in [0.717, 1.165) is 6.42 Å². The van der Waals surface area contributed by atoms with Crippen LogP contribution in [0, 0.1) is 12.0 Å². The molecule has 0 N–H and O–H groups in total. The molecule has 1 aliphatic rings. The Bertz CT molecular complexity index is 599. The van der Waals surface area contributed by atoms with E-state index >= 15 is 0 Å². The second-order valence-electron chi connectivity index (χ2n) is 4.23. The average Bonchev–Trinajstić information content (AvgIpc) is 2.84. The fourth-order valence-corrected chi connectivity index (χ4v) is 3.79. The lowest BCUT2D eigenvalue weighted by atomic mass is 10.3. The Morgan fingerprint density at radius 1 is 1.37 bits per heavy atom. The van der Waals surface area contributed by atoms with Crippen LogP contribution in [0.15, 0.2) is 29.2 Å². The standard InChI is InChI=1S/C13H15NO3S2/c1-2-9-17-11-3-5-13(6-4-11)19(15,16)14-8-7-12(18)10-14/h3-6,12,18H,7-8,10H2,1H3/t12-/m0/s1. The van der Waals surface area contributed by atoms with Gasteiger partial charge in [-0.1, -0.05) is 5.92 Å². The number of hydrogen-bond acceptors (Lipinski definition) is 4. The number of rotatable bonds is 3. The molecule has 0 radical (unpaired) electrons. The van der Waals surface area contributed by atoms with Crippen molar-refractivity contribution in [3.8, 4) is 17.8 Å². The van der Waals surface area contributed by atoms with Crippen LogP contribution in [0.25, 0.3) is 0 Å². The summed E-state index contributed by atoms with van der Waals surface area (Å²) in [5, 5.41) is 0.122. The maximum absolute atomic E-state index is 12.3. The lowest BCUT2D eigenvalue weighted by Gasteiger charge is -2.15. The number of ether oxygens (including phenoxy) is 1. The van der Waals surface area contributed by atoms with Gasteiger partial charge in [0, 0.05) is 25.3 Å². The Kier molecular flexibility index (Phi) is 4.40. The first-order valence-corrected chi connectivity index (χ1v) is 7.86. The molecule has 4 nitrogen and oxygen atoms in total. The largest absolute Gasteiger partial charge is 0.408 e. The van der Waals surface area contributed by atoms with Crippen molar-refractivity contribution < 1.29 is 13.2 Å². The predicted octanol–water partition coefficient (Wildman–Crippen LogP) is 1.74. The monoisotopic (exact) mass is 297 g/mol. The molecule has 0 spiro atoms. The van der Waals surface area contributed by atoms with Crippen molar-refractivity contribution in [3.63, 3.8) is 0 Å². The minimum atomic E-state index is -3.42. The highest BCUT2D eigenvalue weighted by Gasteiger charge is 2.30. The van der Waals surface area contributed by atoms with E-state index in [9.17, 15) is 8.42 Å². The van der Waals surface area contributed by atoms with E-state index in [1.807, 2.05) is 0 Å². The van der Waals surface area contributed by atoms with Crippen molar-refractivity contribution in [2.45, 2.75) is 23.5 Å². The van der Waals surface area contributed by atoms with Gasteiger partial charge in [-0.15, -0.1) is 0 Å². The van der Waals surface area contributed by atoms with Gasteiger partial charge < -0.3 is 4.74 Å². The summed E-state index contributed by atoms with van der Waals surface area (Å²) in [6, 6.07) is 6.28. The molecule has 0 aliphatic carbocycles. The molecule has 0 unspecified atom stereocenters. The molecule has 19 heavy (non-hydrogen) atoms. The second kappa shape index (κ2) is 5.87. The lowest BCUT2D eigenvalue weighted by molar-refractivity contribution is 0.477. The average molecular weight is 297 g/mol. The first-order valence-electron chi connectivity index (χ1n) is 5.91. The summed E-state index contributed by atoms with van der Waals surface area (Å²) in [4.78, 5) is 0.270. The first kappa shape index (κ1) is 14.3. The summed E-state index contributed by atoms with van der Waals surface area (Å²) < 4.78 is 31.2. The summed E-state index contributed by atoms with van der Waals surface area (Å²) in [6.45, 7) is 2.65. The zero-order valence-corrected chi connectivity index (χ0v) is 12.2. The van der Waals surface area contributed by atoms with E-state index in [4.69, 9.17) is 4.74 Å². The van der Waals surface area contributed by atoms with E-state index < -0.39 is 10.0 Å². The molecule has 1 atom stereocenters. The normalized spacial score (nSPS) is 19.8. The van der Waals surface area contributed by atoms with Crippen molar-refractivity contribution in [1.29, 1.82) is 0 Å². The van der Waals surface area contributed by atoms with Gasteiger partial charge in [0.1, 0.15) is 11.9 Å². The number of sulfonamides is 1. The van der Waals surface area contributed by atoms with Crippen molar-refractivity contribution >= 4 is 22.7 Å². The maximum atomic E-state index is 12.3. The Labute approximate surface area is 119 Å². The van der Waals surface area contributed by atoms with Crippen LogP contribution in [0.3, 0.4) is 0 Å². The molecule has 0 bridgehead atoms. The molecular weight excluding hydrogens is 282 g/mol. The van der Waals surface area contributed by atoms with Gasteiger partial charge in [-0.3, -0.25) is 0 Å². The third-order valence-electron chi connectivity index (χ3n) is 2.86. The van der Waals surface area contributed by atoms with Crippen molar-refractivity contribution in [2.24, 2.45) is 0 Å². The third-order valence-corrected chi connectivity index (χ3v) is 5.16. The number of nitrogens with zero attached hydrogens (tertiary/aromatic N) is 1. The van der Waals surface area contributed by atoms with Crippen LogP contribution in [-0.2, 0) is 10.0 Å². The topological polar surface area (TPSA) is 46.6 Å². The Morgan fingerprint density at radius 3 is 2.58 bits per heavy atom. The lowest BCUT2D eigenvalue weighted by Crippen LogP contribution is -2.28. The van der Waals surface area contributed by atoms with Crippen LogP contribution in [0.2, 0.25) is 0 Å². The van der Waals surface area contributed by atoms with Crippen LogP contribution >= 0.6 is 12.6 Å². The van der Waals surface area contributed by atoms with Gasteiger partial charge in [0.05, 0.1) is 4.90 Å². The van der Waals surface area contributed by atoms with Gasteiger partial charge >= 0.3 is 0 Å². The van der Waals surface area contributed by atoms with Gasteiger partial charge in [-0.25, -0.2) is 8.42 Å². The maximum Gasteiger partial charge on any atom is 0.243 e. The minimum absolute atomic E-state index is 0.122. The highest BCUT2D eigenvalue weighted by molar-refractivity contribution is 7.89. The van der Waals surface area contributed by atoms with E-state index in [2.05, 4.69) is 24.7 Å². The molecule has 1 saturated heterocycles. The third kappa shape index (κ3) is 3.24. The molecule has 1 aliphatic heterocycles. The van der Waals surface area contributed by atoms with E-state index in [1.165, 1.54) is 16.4 Å². The number of benzene rings is 1. The van der Waals surface area contributed by atoms with Gasteiger partial charge in [-0.05, 0) is 30.7 Å². The Hall–Kier alpha value is -1.16. The second-order valence-corrected chi connectivity index (χ2v) is 6.90. The molecule has 0 aromatic heterocycles. The zero-order chi connectivity index (χ0) is 13.9. The molecule has 1 heterocycles. The highest BCUT2D eigenvalue weighted by Crippen LogP contribution is 2.24. The molecule has 1 fully saturated rings. The van der Waals surface area contributed by atoms with Crippen LogP contribution in [0.4, 0.5) is 0 Å². The molecule has 1 aromatic rings. The van der Waals surface area contributed by atoms with Gasteiger partial charge in [0.2, 0.25) is 10.0 Å². The van der Waals surface area contributed by atoms with Crippen LogP contribution in [0.5, 0.6) is 5.75 Å². The minimum Gasteiger partial charge on any atom is -0.408 e. The van der Waals surface area contributed by atoms with Crippen molar-refractivity contribution in [1.82, 2.24) is 4.31 Å². The SMILES string of the molecule is CC#COc1ccc(S(=O)(=O)N2CC[C@H](S)C2)cc1. The van der Waals surface area contributed by atoms with E-state index in [1.54, 1.807) is 19.1 Å². The predicted molar refractivity (Wildman–Crippen MR) is 76.7 cm³/mol. The summed E-state index contributed by atoms with van der Waals surface area (Å²) >= 11 is 4.31. The molecule has 0 saturated carbocycles. The molecular formula is C13H15NO3S2. The molecule has 2 rings (SSSR count). The summed E-state index contributed by atoms with van der Waals surface area (Å²) in [5.74, 6) is 3.13. The zero-order valence-electron chi connectivity index (χ0n) is 10.5. The van der Waals surface area contributed by atoms with E-state index in [-0.39, 0.29) is 10.1 Å². The van der Waals surface area contributed by atoms with Gasteiger partial charge in [0.15, 0.2) is 0 Å². The van der Waals surface area contributed by atoms with Crippen LogP contribution in [-0.4, -0.2) is 31.1 Å². The molecule has 102 valence electrons. The highest BCUT2D eigenvalue weighted by atomic mass is 32.2. The Balaban J connectivity index is 2.18. The summed E-state index contributed by atoms with van der Waals surface area (Å²) in [6.07, 6.45) is 3.25. The summed E-state index contributed by atoms with van der Waals surface area (Å²) in [5.41, 5.74) is 0. The fourth-order valence-electron chi connectivity index (χ4n) is 1.87. The number of thiol groups is 1. The number of hydrogen-bond donors (Lipinski definition) is 1. The quantitative estimate of drug-likeness (QED) is 0.683. The van der Waals surface area contributed by atoms with Crippen molar-refractivity contribution in [3.05, 3.63) is 24.3 Å².